The van der Waals surface area contributed by atoms with E-state index in [0.717, 1.165) is 21.7 Å². The number of carbonyl (C=O) groups excluding carboxylic acids is 4. The van der Waals surface area contributed by atoms with Gasteiger partial charge >= 0.3 is 0 Å². The second-order valence-corrected chi connectivity index (χ2v) is 14.0. The van der Waals surface area contributed by atoms with Crippen molar-refractivity contribution in [3.8, 4) is 11.5 Å². The van der Waals surface area contributed by atoms with Gasteiger partial charge in [0.1, 0.15) is 0 Å². The number of amides is 4. The first-order valence-corrected chi connectivity index (χ1v) is 17.7. The number of rotatable bonds is 8. The van der Waals surface area contributed by atoms with Crippen LogP contribution in [0.25, 0.3) is 6.08 Å². The molecular formula is C43H39N3O6. The highest BCUT2D eigenvalue weighted by molar-refractivity contribution is 6.22. The van der Waals surface area contributed by atoms with Crippen LogP contribution in [0.15, 0.2) is 115 Å². The lowest BCUT2D eigenvalue weighted by molar-refractivity contribution is -0.138. The Balaban J connectivity index is 1.32. The minimum absolute atomic E-state index is 0.130. The lowest BCUT2D eigenvalue weighted by atomic mass is 9.49. The Morgan fingerprint density at radius 2 is 1.62 bits per heavy atom. The van der Waals surface area contributed by atoms with Gasteiger partial charge in [-0.25, -0.2) is 0 Å². The first-order chi connectivity index (χ1) is 25.2. The van der Waals surface area contributed by atoms with Gasteiger partial charge < -0.3 is 9.84 Å². The van der Waals surface area contributed by atoms with Gasteiger partial charge in [0.25, 0.3) is 11.8 Å². The van der Waals surface area contributed by atoms with Crippen LogP contribution in [-0.4, -0.2) is 40.4 Å². The highest BCUT2D eigenvalue weighted by Crippen LogP contribution is 2.65. The van der Waals surface area contributed by atoms with Crippen LogP contribution in [0.3, 0.4) is 0 Å². The number of hydrazine groups is 1. The molecule has 8 rings (SSSR count). The number of fused-ring (bicyclic) bond motifs is 4. The minimum atomic E-state index is -1.50. The van der Waals surface area contributed by atoms with E-state index in [4.69, 9.17) is 4.74 Å². The number of ether oxygens (including phenoxy) is 1. The Morgan fingerprint density at radius 3 is 2.31 bits per heavy atom. The van der Waals surface area contributed by atoms with Gasteiger partial charge in [0.05, 0.1) is 41.2 Å². The predicted molar refractivity (Wildman–Crippen MR) is 197 cm³/mol. The number of hydrogen-bond acceptors (Lipinski definition) is 7. The number of carbonyl (C=O) groups is 4. The molecule has 52 heavy (non-hydrogen) atoms. The van der Waals surface area contributed by atoms with E-state index in [0.29, 0.717) is 29.1 Å². The summed E-state index contributed by atoms with van der Waals surface area (Å²) in [5.74, 6) is -5.16. The van der Waals surface area contributed by atoms with Crippen LogP contribution in [0.4, 0.5) is 11.4 Å². The third kappa shape index (κ3) is 4.82. The predicted octanol–water partition coefficient (Wildman–Crippen LogP) is 6.93. The minimum Gasteiger partial charge on any atom is -0.504 e. The van der Waals surface area contributed by atoms with Gasteiger partial charge in [0.15, 0.2) is 11.5 Å². The van der Waals surface area contributed by atoms with Crippen LogP contribution in [-0.2, 0) is 24.6 Å². The van der Waals surface area contributed by atoms with Gasteiger partial charge in [-0.3, -0.25) is 29.5 Å². The van der Waals surface area contributed by atoms with Crippen LogP contribution in [0.2, 0.25) is 0 Å². The molecule has 6 atom stereocenters. The van der Waals surface area contributed by atoms with Crippen LogP contribution in [0, 0.1) is 30.6 Å². The summed E-state index contributed by atoms with van der Waals surface area (Å²) in [4.78, 5) is 60.1. The molecular weight excluding hydrogens is 654 g/mol. The van der Waals surface area contributed by atoms with Gasteiger partial charge in [-0.2, -0.15) is 5.01 Å². The molecule has 4 aromatic rings. The smallest absolute Gasteiger partial charge is 0.260 e. The maximum atomic E-state index is 15.3. The standard InChI is InChI=1S/C43H39N3O6/c1-4-26-16-20-29(21-17-26)45-39(48)31-23-22-30-33(36(31)41(45)50)24-34-40(49)46(44-28-18-14-25(3)15-19-28)42(51)43(34,27-10-7-6-8-11-27)37(30)32-12-9-13-35(38(32)47)52-5-2/h4,6-22,31,33-34,36-37,44,47H,1,5,23-24H2,2-3H3/t31-,33+,34-,36-,37+,43+/m0/s1. The fourth-order valence-electron chi connectivity index (χ4n) is 9.15. The Morgan fingerprint density at radius 1 is 0.885 bits per heavy atom. The number of nitrogens with zero attached hydrogens (tertiary/aromatic N) is 2. The van der Waals surface area contributed by atoms with Gasteiger partial charge in [0, 0.05) is 11.5 Å². The maximum Gasteiger partial charge on any atom is 0.260 e. The van der Waals surface area contributed by atoms with Gasteiger partial charge in [0.2, 0.25) is 11.8 Å². The average molecular weight is 694 g/mol. The fourth-order valence-corrected chi connectivity index (χ4v) is 9.15. The second kappa shape index (κ2) is 12.7. The fraction of sp³-hybridized carbons (Fsp3) is 0.256. The molecule has 262 valence electrons. The molecule has 0 aromatic heterocycles. The normalized spacial score (nSPS) is 26.4. The van der Waals surface area contributed by atoms with Crippen LogP contribution in [0.1, 0.15) is 47.9 Å². The van der Waals surface area contributed by atoms with Crippen molar-refractivity contribution >= 4 is 41.1 Å². The van der Waals surface area contributed by atoms with Crippen LogP contribution in [0.5, 0.6) is 11.5 Å². The Kier molecular flexibility index (Phi) is 8.09. The molecule has 0 bridgehead atoms. The second-order valence-electron chi connectivity index (χ2n) is 14.0. The Hall–Kier alpha value is -5.96. The molecule has 4 aromatic carbocycles. The molecule has 4 amide bonds. The molecule has 1 saturated carbocycles. The topological polar surface area (TPSA) is 116 Å². The number of phenolic OH excluding ortho intramolecular Hbond substituents is 1. The van der Waals surface area contributed by atoms with E-state index < -0.39 is 46.8 Å². The van der Waals surface area contributed by atoms with Crippen molar-refractivity contribution in [2.45, 2.75) is 38.0 Å². The van der Waals surface area contributed by atoms with E-state index in [1.165, 1.54) is 4.90 Å². The van der Waals surface area contributed by atoms with E-state index in [-0.39, 0.29) is 36.2 Å². The first kappa shape index (κ1) is 33.2. The number of hydrogen-bond donors (Lipinski definition) is 2. The number of phenols is 1. The zero-order valence-electron chi connectivity index (χ0n) is 29.0. The SMILES string of the molecule is C=Cc1ccc(N2C(=O)[C@H]3[C@H](CC=C4[C@H]3C[C@H]3C(=O)N(Nc5ccc(C)cc5)C(=O)[C@@]3(c3ccccc3)[C@H]4c3cccc(OCC)c3O)C2=O)cc1. The zero-order chi connectivity index (χ0) is 36.3. The molecule has 9 nitrogen and oxygen atoms in total. The van der Waals surface area contributed by atoms with E-state index >= 15 is 4.79 Å². The maximum absolute atomic E-state index is 15.3. The number of anilines is 2. The molecule has 4 aliphatic rings. The highest BCUT2D eigenvalue weighted by Gasteiger charge is 2.70. The summed E-state index contributed by atoms with van der Waals surface area (Å²) < 4.78 is 5.84. The third-order valence-electron chi connectivity index (χ3n) is 11.4. The van der Waals surface area contributed by atoms with E-state index in [1.807, 2.05) is 86.7 Å². The molecule has 3 fully saturated rings. The van der Waals surface area contributed by atoms with E-state index in [2.05, 4.69) is 12.0 Å². The lowest BCUT2D eigenvalue weighted by Gasteiger charge is -2.50. The Bertz CT molecular complexity index is 2140. The van der Waals surface area contributed by atoms with Crippen LogP contribution < -0.4 is 15.1 Å². The highest BCUT2D eigenvalue weighted by atomic mass is 16.5. The van der Waals surface area contributed by atoms with Crippen LogP contribution >= 0.6 is 0 Å². The van der Waals surface area contributed by atoms with Crippen molar-refractivity contribution in [3.63, 3.8) is 0 Å². The lowest BCUT2D eigenvalue weighted by Crippen LogP contribution is -2.53. The van der Waals surface area contributed by atoms with Crippen molar-refractivity contribution in [3.05, 3.63) is 138 Å². The summed E-state index contributed by atoms with van der Waals surface area (Å²) in [6, 6.07) is 29.0. The number of imide groups is 2. The Labute approximate surface area is 302 Å². The summed E-state index contributed by atoms with van der Waals surface area (Å²) in [5.41, 5.74) is 6.34. The summed E-state index contributed by atoms with van der Waals surface area (Å²) in [5, 5.41) is 13.0. The van der Waals surface area contributed by atoms with E-state index in [9.17, 15) is 19.5 Å². The summed E-state index contributed by atoms with van der Waals surface area (Å²) in [7, 11) is 0. The number of benzene rings is 4. The van der Waals surface area contributed by atoms with E-state index in [1.54, 1.807) is 36.4 Å². The van der Waals surface area contributed by atoms with Gasteiger partial charge in [-0.1, -0.05) is 96.6 Å². The summed E-state index contributed by atoms with van der Waals surface area (Å²) in [6.07, 6.45) is 4.10. The molecule has 9 heteroatoms. The van der Waals surface area contributed by atoms with Crippen molar-refractivity contribution < 1.29 is 29.0 Å². The van der Waals surface area contributed by atoms with Gasteiger partial charge in [-0.05, 0) is 74.1 Å². The molecule has 2 heterocycles. The third-order valence-corrected chi connectivity index (χ3v) is 11.4. The molecule has 2 aliphatic heterocycles. The average Bonchev–Trinajstić information content (AvgIpc) is 3.54. The zero-order valence-corrected chi connectivity index (χ0v) is 29.0. The van der Waals surface area contributed by atoms with Gasteiger partial charge in [-0.15, -0.1) is 0 Å². The molecule has 2 N–H and O–H groups in total. The van der Waals surface area contributed by atoms with Crippen molar-refractivity contribution in [2.24, 2.45) is 23.7 Å². The number of allylic oxidation sites excluding steroid dienone is 2. The number of nitrogens with one attached hydrogen (secondary N) is 1. The number of para-hydroxylation sites is 1. The number of aryl methyl sites for hydroxylation is 1. The molecule has 2 saturated heterocycles. The molecule has 0 radical (unpaired) electrons. The largest absolute Gasteiger partial charge is 0.504 e. The number of aromatic hydroxyl groups is 1. The first-order valence-electron chi connectivity index (χ1n) is 17.7. The van der Waals surface area contributed by atoms with Crippen molar-refractivity contribution in [2.75, 3.05) is 16.9 Å². The summed E-state index contributed by atoms with van der Waals surface area (Å²) >= 11 is 0. The molecule has 0 spiro atoms. The van der Waals surface area contributed by atoms with Crippen molar-refractivity contribution in [1.82, 2.24) is 5.01 Å². The summed E-state index contributed by atoms with van der Waals surface area (Å²) in [6.45, 7) is 7.88. The molecule has 2 aliphatic carbocycles. The van der Waals surface area contributed by atoms with Crippen molar-refractivity contribution in [1.29, 1.82) is 0 Å². The quantitative estimate of drug-likeness (QED) is 0.152. The molecule has 0 unspecified atom stereocenters. The monoisotopic (exact) mass is 693 g/mol.